The van der Waals surface area contributed by atoms with Crippen molar-refractivity contribution in [1.82, 2.24) is 0 Å². The minimum absolute atomic E-state index is 0.0882. The summed E-state index contributed by atoms with van der Waals surface area (Å²) in [6, 6.07) is 0. The van der Waals surface area contributed by atoms with Crippen molar-refractivity contribution in [2.24, 2.45) is 0 Å². The van der Waals surface area contributed by atoms with Crippen LogP contribution in [-0.2, 0) is 28.6 Å². The molecule has 1 atom stereocenters. The molecule has 68 heavy (non-hydrogen) atoms. The molecule has 6 heteroatoms. The zero-order chi connectivity index (χ0) is 49.3. The van der Waals surface area contributed by atoms with Crippen LogP contribution in [0.4, 0.5) is 0 Å². The van der Waals surface area contributed by atoms with E-state index in [-0.39, 0.29) is 31.1 Å². The second-order valence-corrected chi connectivity index (χ2v) is 18.4. The highest BCUT2D eigenvalue weighted by molar-refractivity contribution is 5.71. The summed E-state index contributed by atoms with van der Waals surface area (Å²) in [7, 11) is 0. The average Bonchev–Trinajstić information content (AvgIpc) is 3.34. The van der Waals surface area contributed by atoms with Crippen molar-refractivity contribution in [2.45, 2.75) is 264 Å². The molecular weight excluding hydrogens is 841 g/mol. The Morgan fingerprint density at radius 3 is 0.912 bits per heavy atom. The molecule has 0 spiro atoms. The number of rotatable bonds is 50. The maximum absolute atomic E-state index is 12.8. The zero-order valence-electron chi connectivity index (χ0n) is 44.3. The summed E-state index contributed by atoms with van der Waals surface area (Å²) in [5.41, 5.74) is 0. The number of ether oxygens (including phenoxy) is 3. The van der Waals surface area contributed by atoms with Crippen LogP contribution in [0, 0.1) is 0 Å². The summed E-state index contributed by atoms with van der Waals surface area (Å²) in [5.74, 6) is -0.917. The maximum atomic E-state index is 12.8. The van der Waals surface area contributed by atoms with E-state index < -0.39 is 6.10 Å². The Hall–Kier alpha value is -3.67. The fraction of sp³-hybridized carbons (Fsp3) is 0.694. The van der Waals surface area contributed by atoms with Crippen LogP contribution in [-0.4, -0.2) is 37.2 Å². The lowest BCUT2D eigenvalue weighted by molar-refractivity contribution is -0.167. The van der Waals surface area contributed by atoms with E-state index in [1.807, 2.05) is 0 Å². The third-order valence-electron chi connectivity index (χ3n) is 11.8. The largest absolute Gasteiger partial charge is 0.462 e. The van der Waals surface area contributed by atoms with Gasteiger partial charge in [-0.3, -0.25) is 14.4 Å². The Morgan fingerprint density at radius 2 is 0.574 bits per heavy atom. The molecule has 0 amide bonds. The second kappa shape index (κ2) is 55.9. The van der Waals surface area contributed by atoms with Crippen molar-refractivity contribution in [3.8, 4) is 0 Å². The van der Waals surface area contributed by atoms with Crippen molar-refractivity contribution in [3.05, 3.63) is 97.2 Å². The van der Waals surface area contributed by atoms with Crippen molar-refractivity contribution in [1.29, 1.82) is 0 Å². The van der Waals surface area contributed by atoms with Crippen LogP contribution < -0.4 is 0 Å². The molecule has 0 radical (unpaired) electrons. The molecule has 0 fully saturated rings. The van der Waals surface area contributed by atoms with E-state index in [2.05, 4.69) is 118 Å². The summed E-state index contributed by atoms with van der Waals surface area (Å²) in [4.78, 5) is 38.0. The average molecular weight is 946 g/mol. The van der Waals surface area contributed by atoms with Gasteiger partial charge in [0.2, 0.25) is 0 Å². The van der Waals surface area contributed by atoms with Gasteiger partial charge in [0.25, 0.3) is 0 Å². The molecule has 1 unspecified atom stereocenters. The Balaban J connectivity index is 4.26. The predicted molar refractivity (Wildman–Crippen MR) is 293 cm³/mol. The Kier molecular flexibility index (Phi) is 52.9. The first-order valence-electron chi connectivity index (χ1n) is 28.2. The third kappa shape index (κ3) is 53.3. The summed E-state index contributed by atoms with van der Waals surface area (Å²) in [6.07, 6.45) is 74.1. The van der Waals surface area contributed by atoms with Gasteiger partial charge in [0.05, 0.1) is 0 Å². The number of carbonyl (C=O) groups excluding carboxylic acids is 3. The summed E-state index contributed by atoms with van der Waals surface area (Å²) >= 11 is 0. The molecule has 0 saturated carbocycles. The normalized spacial score (nSPS) is 12.8. The van der Waals surface area contributed by atoms with E-state index in [0.717, 1.165) is 141 Å². The molecule has 0 aromatic heterocycles. The number of unbranched alkanes of at least 4 members (excludes halogenated alkanes) is 23. The first kappa shape index (κ1) is 64.3. The molecule has 0 rings (SSSR count). The SMILES string of the molecule is CC/C=C\C/C=C\C/C=C\C/C=C\CCCCCCCCCCCCCCC(=O)OCC(COC(=O)CCCCCCC/C=C\CCC)OC(=O)CCCCCCC/C=C\C/C=C\C/C=C\CC. The van der Waals surface area contributed by atoms with Crippen LogP contribution in [0.3, 0.4) is 0 Å². The van der Waals surface area contributed by atoms with Crippen LogP contribution in [0.25, 0.3) is 0 Å². The molecule has 0 heterocycles. The summed E-state index contributed by atoms with van der Waals surface area (Å²) in [6.45, 7) is 6.33. The minimum Gasteiger partial charge on any atom is -0.462 e. The second-order valence-electron chi connectivity index (χ2n) is 18.4. The number of allylic oxidation sites excluding steroid dienone is 16. The number of hydrogen-bond acceptors (Lipinski definition) is 6. The summed E-state index contributed by atoms with van der Waals surface area (Å²) < 4.78 is 16.8. The fourth-order valence-corrected chi connectivity index (χ4v) is 7.63. The maximum Gasteiger partial charge on any atom is 0.306 e. The lowest BCUT2D eigenvalue weighted by Crippen LogP contribution is -2.30. The van der Waals surface area contributed by atoms with Crippen LogP contribution in [0.1, 0.15) is 258 Å². The number of carbonyl (C=O) groups is 3. The lowest BCUT2D eigenvalue weighted by Gasteiger charge is -2.18. The molecular formula is C62H104O6. The van der Waals surface area contributed by atoms with Crippen LogP contribution in [0.15, 0.2) is 97.2 Å². The van der Waals surface area contributed by atoms with Crippen LogP contribution >= 0.6 is 0 Å². The van der Waals surface area contributed by atoms with Gasteiger partial charge in [-0.2, -0.15) is 0 Å². The van der Waals surface area contributed by atoms with Gasteiger partial charge in [-0.15, -0.1) is 0 Å². The fourth-order valence-electron chi connectivity index (χ4n) is 7.63. The van der Waals surface area contributed by atoms with Gasteiger partial charge in [-0.25, -0.2) is 0 Å². The van der Waals surface area contributed by atoms with E-state index in [1.54, 1.807) is 0 Å². The Bertz CT molecular complexity index is 1360. The van der Waals surface area contributed by atoms with Gasteiger partial charge < -0.3 is 14.2 Å². The van der Waals surface area contributed by atoms with E-state index in [4.69, 9.17) is 14.2 Å². The molecule has 0 bridgehead atoms. The highest BCUT2D eigenvalue weighted by Crippen LogP contribution is 2.15. The number of esters is 3. The molecule has 0 aromatic rings. The third-order valence-corrected chi connectivity index (χ3v) is 11.8. The van der Waals surface area contributed by atoms with E-state index in [9.17, 15) is 14.4 Å². The van der Waals surface area contributed by atoms with Gasteiger partial charge in [0.15, 0.2) is 6.10 Å². The molecule has 388 valence electrons. The topological polar surface area (TPSA) is 78.9 Å². The standard InChI is InChI=1S/C62H104O6/c1-4-7-10-13-16-19-22-24-26-27-28-29-30-31-32-33-34-35-37-38-40-43-46-49-52-55-61(64)67-58-59(57-66-60(63)54-51-48-45-42-21-18-15-12-9-6-3)68-62(65)56-53-50-47-44-41-39-36-25-23-20-17-14-11-8-5-2/h7-8,10-12,15-17,19-20,24-26,28-29,36,59H,4-6,9,13-14,18,21-23,27,30-35,37-58H2,1-3H3/b10-7-,11-8-,15-12-,19-16-,20-17-,26-24-,29-28-,36-25-. The highest BCUT2D eigenvalue weighted by atomic mass is 16.6. The van der Waals surface area contributed by atoms with Gasteiger partial charge >= 0.3 is 17.9 Å². The lowest BCUT2D eigenvalue weighted by atomic mass is 10.0. The van der Waals surface area contributed by atoms with E-state index in [0.29, 0.717) is 19.3 Å². The van der Waals surface area contributed by atoms with Gasteiger partial charge in [0, 0.05) is 19.3 Å². The van der Waals surface area contributed by atoms with E-state index in [1.165, 1.54) is 77.0 Å². The molecule has 0 N–H and O–H groups in total. The molecule has 0 aromatic carbocycles. The van der Waals surface area contributed by atoms with Crippen LogP contribution in [0.2, 0.25) is 0 Å². The molecule has 6 nitrogen and oxygen atoms in total. The van der Waals surface area contributed by atoms with Gasteiger partial charge in [-0.05, 0) is 109 Å². The van der Waals surface area contributed by atoms with Crippen molar-refractivity contribution >= 4 is 17.9 Å². The predicted octanol–water partition coefficient (Wildman–Crippen LogP) is 18.9. The quantitative estimate of drug-likeness (QED) is 0.0262. The van der Waals surface area contributed by atoms with Gasteiger partial charge in [0.1, 0.15) is 13.2 Å². The minimum atomic E-state index is -0.790. The monoisotopic (exact) mass is 945 g/mol. The number of hydrogen-bond donors (Lipinski definition) is 0. The van der Waals surface area contributed by atoms with Crippen molar-refractivity contribution in [3.63, 3.8) is 0 Å². The van der Waals surface area contributed by atoms with Crippen molar-refractivity contribution < 1.29 is 28.6 Å². The first-order valence-corrected chi connectivity index (χ1v) is 28.2. The van der Waals surface area contributed by atoms with E-state index >= 15 is 0 Å². The smallest absolute Gasteiger partial charge is 0.306 e. The Labute approximate surface area is 419 Å². The zero-order valence-corrected chi connectivity index (χ0v) is 44.3. The Morgan fingerprint density at radius 1 is 0.309 bits per heavy atom. The van der Waals surface area contributed by atoms with Crippen LogP contribution in [0.5, 0.6) is 0 Å². The molecule has 0 aliphatic rings. The first-order chi connectivity index (χ1) is 33.5. The summed E-state index contributed by atoms with van der Waals surface area (Å²) in [5, 5.41) is 0. The molecule has 0 saturated heterocycles. The molecule has 0 aliphatic carbocycles. The van der Waals surface area contributed by atoms with Crippen molar-refractivity contribution in [2.75, 3.05) is 13.2 Å². The molecule has 0 aliphatic heterocycles. The van der Waals surface area contributed by atoms with Gasteiger partial charge in [-0.1, -0.05) is 227 Å². The highest BCUT2D eigenvalue weighted by Gasteiger charge is 2.19.